The minimum absolute atomic E-state index is 0.340. The summed E-state index contributed by atoms with van der Waals surface area (Å²) >= 11 is 0. The number of methoxy groups -OCH3 is 1. The molecule has 0 rings (SSSR count). The van der Waals surface area contributed by atoms with Crippen LogP contribution in [0.4, 0.5) is 4.79 Å². The molecule has 100 valence electrons. The van der Waals surface area contributed by atoms with Gasteiger partial charge in [-0.05, 0) is 34.1 Å². The maximum atomic E-state index is 11.7. The van der Waals surface area contributed by atoms with Crippen molar-refractivity contribution in [2.24, 2.45) is 0 Å². The highest BCUT2D eigenvalue weighted by molar-refractivity contribution is 5.87. The lowest BCUT2D eigenvalue weighted by Gasteiger charge is -2.30. The summed E-state index contributed by atoms with van der Waals surface area (Å²) in [4.78, 5) is 23.4. The van der Waals surface area contributed by atoms with Crippen LogP contribution in [0.1, 0.15) is 47.5 Å². The summed E-state index contributed by atoms with van der Waals surface area (Å²) < 4.78 is 4.72. The lowest BCUT2D eigenvalue weighted by Crippen LogP contribution is -2.58. The Morgan fingerprint density at radius 1 is 1.12 bits per heavy atom. The van der Waals surface area contributed by atoms with Crippen molar-refractivity contribution in [3.63, 3.8) is 0 Å². The summed E-state index contributed by atoms with van der Waals surface area (Å²) in [6.45, 7) is 9.25. The van der Waals surface area contributed by atoms with Crippen molar-refractivity contribution in [2.45, 2.75) is 58.5 Å². The molecule has 0 aliphatic rings. The Labute approximate surface area is 103 Å². The molecule has 0 fully saturated rings. The van der Waals surface area contributed by atoms with Crippen LogP contribution < -0.4 is 10.6 Å². The lowest BCUT2D eigenvalue weighted by molar-refractivity contribution is -0.147. The van der Waals surface area contributed by atoms with Crippen LogP contribution >= 0.6 is 0 Å². The Balaban J connectivity index is 4.66. The average Bonchev–Trinajstić information content (AvgIpc) is 2.13. The number of nitrogens with one attached hydrogen (secondary N) is 2. The highest BCUT2D eigenvalue weighted by Gasteiger charge is 2.35. The van der Waals surface area contributed by atoms with Crippen molar-refractivity contribution in [3.05, 3.63) is 0 Å². The van der Waals surface area contributed by atoms with Gasteiger partial charge in [0.15, 0.2) is 0 Å². The molecular weight excluding hydrogens is 220 g/mol. The molecule has 0 bridgehead atoms. The summed E-state index contributed by atoms with van der Waals surface area (Å²) in [5, 5.41) is 5.43. The molecule has 5 nitrogen and oxygen atoms in total. The van der Waals surface area contributed by atoms with Gasteiger partial charge in [0.05, 0.1) is 7.11 Å². The number of urea groups is 1. The number of hydrogen-bond donors (Lipinski definition) is 2. The maximum absolute atomic E-state index is 11.7. The van der Waals surface area contributed by atoms with E-state index in [1.165, 1.54) is 7.11 Å². The quantitative estimate of drug-likeness (QED) is 0.741. The minimum Gasteiger partial charge on any atom is -0.467 e. The molecule has 0 aliphatic carbocycles. The Morgan fingerprint density at radius 3 is 2.00 bits per heavy atom. The van der Waals surface area contributed by atoms with Crippen LogP contribution in [0.15, 0.2) is 0 Å². The second kappa shape index (κ2) is 5.89. The average molecular weight is 244 g/mol. The van der Waals surface area contributed by atoms with Gasteiger partial charge in [-0.15, -0.1) is 0 Å². The van der Waals surface area contributed by atoms with Gasteiger partial charge < -0.3 is 15.4 Å². The van der Waals surface area contributed by atoms with Crippen LogP contribution in [0.2, 0.25) is 0 Å². The van der Waals surface area contributed by atoms with E-state index in [1.807, 2.05) is 27.7 Å². The molecule has 0 aliphatic heterocycles. The molecule has 0 aromatic carbocycles. The van der Waals surface area contributed by atoms with Gasteiger partial charge in [0, 0.05) is 5.54 Å². The molecule has 2 N–H and O–H groups in total. The summed E-state index contributed by atoms with van der Waals surface area (Å²) in [7, 11) is 1.32. The molecule has 0 radical (unpaired) electrons. The number of hydrogen-bond acceptors (Lipinski definition) is 3. The maximum Gasteiger partial charge on any atom is 0.331 e. The second-order valence-electron chi connectivity index (χ2n) is 5.40. The first-order chi connectivity index (χ1) is 7.64. The zero-order chi connectivity index (χ0) is 13.7. The van der Waals surface area contributed by atoms with Crippen molar-refractivity contribution in [1.29, 1.82) is 0 Å². The third kappa shape index (κ3) is 5.56. The number of amides is 2. The fourth-order valence-electron chi connectivity index (χ4n) is 1.56. The molecule has 0 spiro atoms. The molecule has 0 saturated heterocycles. The fourth-order valence-corrected chi connectivity index (χ4v) is 1.56. The summed E-state index contributed by atoms with van der Waals surface area (Å²) in [5.74, 6) is -0.427. The Hall–Kier alpha value is -1.26. The molecule has 0 heterocycles. The predicted octanol–water partition coefficient (Wildman–Crippen LogP) is 1.82. The summed E-state index contributed by atoms with van der Waals surface area (Å²) in [6.07, 6.45) is 1.32. The number of rotatable bonds is 4. The van der Waals surface area contributed by atoms with Crippen molar-refractivity contribution < 1.29 is 14.3 Å². The van der Waals surface area contributed by atoms with E-state index in [0.29, 0.717) is 6.42 Å². The molecule has 2 amide bonds. The minimum atomic E-state index is -0.973. The fraction of sp³-hybridized carbons (Fsp3) is 0.833. The highest BCUT2D eigenvalue weighted by Crippen LogP contribution is 2.14. The third-order valence-electron chi connectivity index (χ3n) is 2.26. The van der Waals surface area contributed by atoms with E-state index >= 15 is 0 Å². The van der Waals surface area contributed by atoms with Crippen molar-refractivity contribution >= 4 is 12.0 Å². The first kappa shape index (κ1) is 15.7. The van der Waals surface area contributed by atoms with Crippen molar-refractivity contribution in [3.8, 4) is 0 Å². The first-order valence-corrected chi connectivity index (χ1v) is 5.83. The largest absolute Gasteiger partial charge is 0.467 e. The smallest absolute Gasteiger partial charge is 0.331 e. The molecule has 0 aromatic heterocycles. The monoisotopic (exact) mass is 244 g/mol. The molecule has 1 atom stereocenters. The van der Waals surface area contributed by atoms with Gasteiger partial charge in [0.25, 0.3) is 0 Å². The van der Waals surface area contributed by atoms with E-state index < -0.39 is 11.5 Å². The zero-order valence-electron chi connectivity index (χ0n) is 11.6. The normalized spacial score (nSPS) is 14.7. The number of carbonyl (C=O) groups excluding carboxylic acids is 2. The van der Waals surface area contributed by atoms with Crippen LogP contribution in [0, 0.1) is 0 Å². The van der Waals surface area contributed by atoms with E-state index in [1.54, 1.807) is 6.92 Å². The third-order valence-corrected chi connectivity index (χ3v) is 2.26. The Bertz CT molecular complexity index is 284. The van der Waals surface area contributed by atoms with Crippen molar-refractivity contribution in [2.75, 3.05) is 7.11 Å². The van der Waals surface area contributed by atoms with E-state index in [0.717, 1.165) is 6.42 Å². The van der Waals surface area contributed by atoms with Crippen LogP contribution in [-0.2, 0) is 9.53 Å². The number of ether oxygens (including phenoxy) is 1. The summed E-state index contributed by atoms with van der Waals surface area (Å²) in [6, 6.07) is -0.362. The standard InChI is InChI=1S/C12H24N2O3/c1-7-8-12(5,9(15)17-6)14-10(16)13-11(2,3)4/h7-8H2,1-6H3,(H2,13,14,16). The number of esters is 1. The predicted molar refractivity (Wildman–Crippen MR) is 66.7 cm³/mol. The number of carbonyl (C=O) groups is 2. The lowest BCUT2D eigenvalue weighted by atomic mass is 9.96. The van der Waals surface area contributed by atoms with E-state index in [4.69, 9.17) is 4.74 Å². The zero-order valence-corrected chi connectivity index (χ0v) is 11.6. The van der Waals surface area contributed by atoms with Gasteiger partial charge in [0.2, 0.25) is 0 Å². The van der Waals surface area contributed by atoms with E-state index in [2.05, 4.69) is 10.6 Å². The molecule has 5 heteroatoms. The van der Waals surface area contributed by atoms with Gasteiger partial charge in [-0.2, -0.15) is 0 Å². The van der Waals surface area contributed by atoms with Gasteiger partial charge in [-0.3, -0.25) is 0 Å². The molecule has 17 heavy (non-hydrogen) atoms. The Kier molecular flexibility index (Phi) is 5.45. The van der Waals surface area contributed by atoms with Gasteiger partial charge >= 0.3 is 12.0 Å². The highest BCUT2D eigenvalue weighted by atomic mass is 16.5. The topological polar surface area (TPSA) is 67.4 Å². The first-order valence-electron chi connectivity index (χ1n) is 5.83. The van der Waals surface area contributed by atoms with Gasteiger partial charge in [0.1, 0.15) is 5.54 Å². The molecule has 1 unspecified atom stereocenters. The van der Waals surface area contributed by atoms with Gasteiger partial charge in [-0.1, -0.05) is 13.3 Å². The Morgan fingerprint density at radius 2 is 1.65 bits per heavy atom. The van der Waals surface area contributed by atoms with Crippen LogP contribution in [0.25, 0.3) is 0 Å². The van der Waals surface area contributed by atoms with Gasteiger partial charge in [-0.25, -0.2) is 9.59 Å². The second-order valence-corrected chi connectivity index (χ2v) is 5.40. The summed E-state index contributed by atoms with van der Waals surface area (Å²) in [5.41, 5.74) is -1.31. The van der Waals surface area contributed by atoms with E-state index in [-0.39, 0.29) is 11.6 Å². The molecule has 0 aromatic rings. The van der Waals surface area contributed by atoms with Crippen LogP contribution in [0.3, 0.4) is 0 Å². The van der Waals surface area contributed by atoms with E-state index in [9.17, 15) is 9.59 Å². The molecule has 0 saturated carbocycles. The van der Waals surface area contributed by atoms with Crippen molar-refractivity contribution in [1.82, 2.24) is 10.6 Å². The van der Waals surface area contributed by atoms with Crippen LogP contribution in [-0.4, -0.2) is 30.2 Å². The molecular formula is C12H24N2O3. The van der Waals surface area contributed by atoms with Crippen LogP contribution in [0.5, 0.6) is 0 Å². The SMILES string of the molecule is CCCC(C)(NC(=O)NC(C)(C)C)C(=O)OC.